The minimum Gasteiger partial charge on any atom is -0.497 e. The number of carbonyl (C=O) groups is 1. The fraction of sp³-hybridized carbons (Fsp3) is 0.458. The molecule has 0 spiro atoms. The van der Waals surface area contributed by atoms with E-state index in [4.69, 9.17) is 4.74 Å². The van der Waals surface area contributed by atoms with Gasteiger partial charge in [0, 0.05) is 19.0 Å². The summed E-state index contributed by atoms with van der Waals surface area (Å²) < 4.78 is 32.4. The normalized spacial score (nSPS) is 16.7. The van der Waals surface area contributed by atoms with Crippen molar-refractivity contribution in [1.29, 1.82) is 0 Å². The number of aryl methyl sites for hydroxylation is 3. The summed E-state index contributed by atoms with van der Waals surface area (Å²) in [7, 11) is -2.03. The molecular formula is C24H32N2O4S. The van der Waals surface area contributed by atoms with Gasteiger partial charge in [-0.2, -0.15) is 4.31 Å². The average Bonchev–Trinajstić information content (AvgIpc) is 2.76. The van der Waals surface area contributed by atoms with Gasteiger partial charge in [0.2, 0.25) is 15.9 Å². The zero-order valence-corrected chi connectivity index (χ0v) is 19.8. The Morgan fingerprint density at radius 3 is 2.19 bits per heavy atom. The number of ether oxygens (including phenoxy) is 1. The van der Waals surface area contributed by atoms with E-state index in [0.717, 1.165) is 11.1 Å². The van der Waals surface area contributed by atoms with Crippen molar-refractivity contribution in [3.8, 4) is 5.75 Å². The van der Waals surface area contributed by atoms with Gasteiger partial charge in [0.25, 0.3) is 0 Å². The zero-order chi connectivity index (χ0) is 22.8. The lowest BCUT2D eigenvalue weighted by molar-refractivity contribution is -0.126. The molecule has 2 aromatic rings. The van der Waals surface area contributed by atoms with E-state index in [1.807, 2.05) is 6.92 Å². The molecule has 1 atom stereocenters. The Morgan fingerprint density at radius 1 is 1.03 bits per heavy atom. The van der Waals surface area contributed by atoms with Crippen molar-refractivity contribution in [2.45, 2.75) is 51.5 Å². The Morgan fingerprint density at radius 2 is 1.61 bits per heavy atom. The lowest BCUT2D eigenvalue weighted by atomic mass is 9.94. The van der Waals surface area contributed by atoms with Gasteiger partial charge in [-0.1, -0.05) is 12.1 Å². The molecule has 0 aromatic heterocycles. The number of piperidine rings is 1. The molecule has 31 heavy (non-hydrogen) atoms. The Kier molecular flexibility index (Phi) is 7.06. The van der Waals surface area contributed by atoms with Crippen LogP contribution in [0.15, 0.2) is 41.3 Å². The third-order valence-corrected chi connectivity index (χ3v) is 8.14. The highest BCUT2D eigenvalue weighted by Crippen LogP contribution is 2.27. The van der Waals surface area contributed by atoms with Crippen LogP contribution in [0.1, 0.15) is 48.1 Å². The molecule has 168 valence electrons. The molecule has 0 radical (unpaired) electrons. The number of hydrogen-bond donors (Lipinski definition) is 1. The van der Waals surface area contributed by atoms with Gasteiger partial charge in [-0.05, 0) is 87.1 Å². The number of rotatable bonds is 6. The van der Waals surface area contributed by atoms with Crippen molar-refractivity contribution in [3.05, 3.63) is 58.7 Å². The smallest absolute Gasteiger partial charge is 0.243 e. The van der Waals surface area contributed by atoms with E-state index in [2.05, 4.69) is 38.2 Å². The van der Waals surface area contributed by atoms with Crippen LogP contribution in [0.3, 0.4) is 0 Å². The van der Waals surface area contributed by atoms with Gasteiger partial charge in [0.15, 0.2) is 0 Å². The molecule has 0 bridgehead atoms. The van der Waals surface area contributed by atoms with Gasteiger partial charge in [0.05, 0.1) is 18.0 Å². The first kappa shape index (κ1) is 23.3. The van der Waals surface area contributed by atoms with Crippen LogP contribution >= 0.6 is 0 Å². The molecule has 0 saturated carbocycles. The molecule has 1 aliphatic rings. The van der Waals surface area contributed by atoms with Crippen molar-refractivity contribution in [2.75, 3.05) is 20.2 Å². The molecular weight excluding hydrogens is 412 g/mol. The second kappa shape index (κ2) is 9.40. The third kappa shape index (κ3) is 5.10. The minimum absolute atomic E-state index is 0.00776. The summed E-state index contributed by atoms with van der Waals surface area (Å²) in [6, 6.07) is 10.6. The Balaban J connectivity index is 1.61. The molecule has 3 rings (SSSR count). The second-order valence-corrected chi connectivity index (χ2v) is 10.3. The largest absolute Gasteiger partial charge is 0.497 e. The van der Waals surface area contributed by atoms with Crippen LogP contribution in [0.5, 0.6) is 5.75 Å². The molecule has 1 heterocycles. The number of carbonyl (C=O) groups excluding carboxylic acids is 1. The molecule has 1 aliphatic heterocycles. The number of benzene rings is 2. The summed E-state index contributed by atoms with van der Waals surface area (Å²) in [4.78, 5) is 13.1. The molecule has 1 fully saturated rings. The molecule has 1 amide bonds. The van der Waals surface area contributed by atoms with E-state index >= 15 is 0 Å². The molecule has 1 N–H and O–H groups in total. The van der Waals surface area contributed by atoms with E-state index in [0.29, 0.717) is 31.7 Å². The number of sulfonamides is 1. The fourth-order valence-electron chi connectivity index (χ4n) is 4.11. The first-order valence-electron chi connectivity index (χ1n) is 10.7. The van der Waals surface area contributed by atoms with E-state index in [1.165, 1.54) is 15.4 Å². The van der Waals surface area contributed by atoms with Crippen LogP contribution in [-0.4, -0.2) is 38.8 Å². The van der Waals surface area contributed by atoms with Crippen LogP contribution < -0.4 is 10.1 Å². The summed E-state index contributed by atoms with van der Waals surface area (Å²) in [5.41, 5.74) is 4.73. The van der Waals surface area contributed by atoms with Crippen LogP contribution in [0.4, 0.5) is 0 Å². The lowest BCUT2D eigenvalue weighted by Crippen LogP contribution is -2.43. The van der Waals surface area contributed by atoms with Crippen LogP contribution in [0.2, 0.25) is 0 Å². The van der Waals surface area contributed by atoms with Gasteiger partial charge >= 0.3 is 0 Å². The Hall–Kier alpha value is -2.38. The van der Waals surface area contributed by atoms with E-state index in [9.17, 15) is 13.2 Å². The number of amides is 1. The molecule has 2 aromatic carbocycles. The standard InChI is InChI=1S/C24H32N2O4S/c1-16-14-18(3)23(15-17(16)2)19(4)25-24(27)20-10-12-26(13-11-20)31(28,29)22-8-6-21(30-5)7-9-22/h6-9,14-15,19-20H,10-13H2,1-5H3,(H,25,27). The van der Waals surface area contributed by atoms with Crippen molar-refractivity contribution in [3.63, 3.8) is 0 Å². The molecule has 6 nitrogen and oxygen atoms in total. The average molecular weight is 445 g/mol. The summed E-state index contributed by atoms with van der Waals surface area (Å²) >= 11 is 0. The quantitative estimate of drug-likeness (QED) is 0.733. The van der Waals surface area contributed by atoms with Gasteiger partial charge in [-0.25, -0.2) is 8.42 Å². The first-order valence-corrected chi connectivity index (χ1v) is 12.1. The van der Waals surface area contributed by atoms with Crippen molar-refractivity contribution in [2.24, 2.45) is 5.92 Å². The van der Waals surface area contributed by atoms with Crippen LogP contribution in [0.25, 0.3) is 0 Å². The highest BCUT2D eigenvalue weighted by Gasteiger charge is 2.32. The zero-order valence-electron chi connectivity index (χ0n) is 18.9. The van der Waals surface area contributed by atoms with Gasteiger partial charge in [0.1, 0.15) is 5.75 Å². The number of nitrogens with zero attached hydrogens (tertiary/aromatic N) is 1. The predicted octanol–water partition coefficient (Wildman–Crippen LogP) is 3.90. The van der Waals surface area contributed by atoms with Crippen LogP contribution in [0, 0.1) is 26.7 Å². The SMILES string of the molecule is COc1ccc(S(=O)(=O)N2CCC(C(=O)NC(C)c3cc(C)c(C)cc3C)CC2)cc1. The number of hydrogen-bond acceptors (Lipinski definition) is 4. The van der Waals surface area contributed by atoms with Gasteiger partial charge < -0.3 is 10.1 Å². The molecule has 0 aliphatic carbocycles. The van der Waals surface area contributed by atoms with Gasteiger partial charge in [-0.3, -0.25) is 4.79 Å². The van der Waals surface area contributed by atoms with Crippen molar-refractivity contribution in [1.82, 2.24) is 9.62 Å². The fourth-order valence-corrected chi connectivity index (χ4v) is 5.58. The topological polar surface area (TPSA) is 75.7 Å². The number of nitrogens with one attached hydrogen (secondary N) is 1. The van der Waals surface area contributed by atoms with Crippen molar-refractivity contribution < 1.29 is 17.9 Å². The van der Waals surface area contributed by atoms with Crippen molar-refractivity contribution >= 4 is 15.9 Å². The Bertz CT molecular complexity index is 1040. The van der Waals surface area contributed by atoms with E-state index < -0.39 is 10.0 Å². The first-order chi connectivity index (χ1) is 14.6. The maximum atomic E-state index is 12.9. The summed E-state index contributed by atoms with van der Waals surface area (Å²) in [5.74, 6) is 0.422. The van der Waals surface area contributed by atoms with Gasteiger partial charge in [-0.15, -0.1) is 0 Å². The lowest BCUT2D eigenvalue weighted by Gasteiger charge is -2.31. The third-order valence-electron chi connectivity index (χ3n) is 6.23. The minimum atomic E-state index is -3.57. The van der Waals surface area contributed by atoms with E-state index in [1.54, 1.807) is 31.4 Å². The monoisotopic (exact) mass is 444 g/mol. The molecule has 1 saturated heterocycles. The van der Waals surface area contributed by atoms with Crippen LogP contribution in [-0.2, 0) is 14.8 Å². The summed E-state index contributed by atoms with van der Waals surface area (Å²) in [6.07, 6.45) is 1.03. The highest BCUT2D eigenvalue weighted by molar-refractivity contribution is 7.89. The maximum Gasteiger partial charge on any atom is 0.243 e. The predicted molar refractivity (Wildman–Crippen MR) is 122 cm³/mol. The Labute approximate surface area is 185 Å². The second-order valence-electron chi connectivity index (χ2n) is 8.38. The molecule has 1 unspecified atom stereocenters. The summed E-state index contributed by atoms with van der Waals surface area (Å²) in [5, 5.41) is 3.13. The highest BCUT2D eigenvalue weighted by atomic mass is 32.2. The van der Waals surface area contributed by atoms with E-state index in [-0.39, 0.29) is 22.8 Å². The molecule has 7 heteroatoms. The maximum absolute atomic E-state index is 12.9. The number of methoxy groups -OCH3 is 1. The summed E-state index contributed by atoms with van der Waals surface area (Å²) in [6.45, 7) is 8.90.